The summed E-state index contributed by atoms with van der Waals surface area (Å²) in [6, 6.07) is 0.913. The average Bonchev–Trinajstić information content (AvgIpc) is 3.11. The first-order chi connectivity index (χ1) is 8.58. The summed E-state index contributed by atoms with van der Waals surface area (Å²) in [7, 11) is 1.70. The predicted molar refractivity (Wildman–Crippen MR) is 72.3 cm³/mol. The molecule has 1 fully saturated rings. The molecule has 0 aromatic carbocycles. The molecule has 106 valence electrons. The van der Waals surface area contributed by atoms with Crippen molar-refractivity contribution in [1.82, 2.24) is 10.2 Å². The predicted octanol–water partition coefficient (Wildman–Crippen LogP) is 0.339. The molecule has 1 atom stereocenters. The van der Waals surface area contributed by atoms with Crippen LogP contribution in [-0.2, 0) is 9.53 Å². The molecule has 0 spiro atoms. The molecule has 0 saturated heterocycles. The van der Waals surface area contributed by atoms with Gasteiger partial charge in [0, 0.05) is 44.7 Å². The number of rotatable bonds is 9. The van der Waals surface area contributed by atoms with E-state index in [4.69, 9.17) is 10.5 Å². The Balaban J connectivity index is 2.47. The monoisotopic (exact) mass is 257 g/mol. The molecular formula is C13H27N3O2. The van der Waals surface area contributed by atoms with E-state index in [1.54, 1.807) is 7.11 Å². The first-order valence-electron chi connectivity index (χ1n) is 6.82. The van der Waals surface area contributed by atoms with Crippen molar-refractivity contribution in [3.8, 4) is 0 Å². The van der Waals surface area contributed by atoms with Crippen molar-refractivity contribution in [2.45, 2.75) is 51.2 Å². The molecule has 0 bridgehead atoms. The third kappa shape index (κ3) is 5.33. The standard InChI is InChI=1S/C13H27N3O2/c1-10(2)15-13(17)8-12(9-14)16(6-7-18-3)11-4-5-11/h10-12H,4-9,14H2,1-3H3,(H,15,17). The number of carbonyl (C=O) groups excluding carboxylic acids is 1. The van der Waals surface area contributed by atoms with Crippen LogP contribution >= 0.6 is 0 Å². The van der Waals surface area contributed by atoms with Crippen LogP contribution in [0, 0.1) is 0 Å². The minimum absolute atomic E-state index is 0.0866. The SMILES string of the molecule is COCCN(C1CC1)C(CN)CC(=O)NC(C)C. The fraction of sp³-hybridized carbons (Fsp3) is 0.923. The van der Waals surface area contributed by atoms with Gasteiger partial charge in [-0.3, -0.25) is 9.69 Å². The lowest BCUT2D eigenvalue weighted by molar-refractivity contribution is -0.122. The first-order valence-corrected chi connectivity index (χ1v) is 6.82. The van der Waals surface area contributed by atoms with Gasteiger partial charge in [0.25, 0.3) is 0 Å². The minimum Gasteiger partial charge on any atom is -0.383 e. The van der Waals surface area contributed by atoms with E-state index in [2.05, 4.69) is 10.2 Å². The van der Waals surface area contributed by atoms with E-state index in [0.29, 0.717) is 25.6 Å². The number of nitrogens with one attached hydrogen (secondary N) is 1. The van der Waals surface area contributed by atoms with E-state index in [1.165, 1.54) is 12.8 Å². The molecule has 1 aliphatic carbocycles. The largest absolute Gasteiger partial charge is 0.383 e. The molecule has 0 aliphatic heterocycles. The maximum atomic E-state index is 11.8. The zero-order valence-corrected chi connectivity index (χ0v) is 11.8. The molecule has 0 aromatic rings. The molecule has 5 heteroatoms. The second-order valence-electron chi connectivity index (χ2n) is 5.28. The van der Waals surface area contributed by atoms with Crippen LogP contribution in [0.3, 0.4) is 0 Å². The first kappa shape index (κ1) is 15.4. The van der Waals surface area contributed by atoms with E-state index in [-0.39, 0.29) is 18.0 Å². The Morgan fingerprint density at radius 3 is 2.61 bits per heavy atom. The molecule has 0 aromatic heterocycles. The zero-order valence-electron chi connectivity index (χ0n) is 11.8. The molecule has 3 N–H and O–H groups in total. The number of hydrogen-bond acceptors (Lipinski definition) is 4. The second-order valence-corrected chi connectivity index (χ2v) is 5.28. The van der Waals surface area contributed by atoms with Crippen molar-refractivity contribution in [1.29, 1.82) is 0 Å². The number of nitrogens with two attached hydrogens (primary N) is 1. The van der Waals surface area contributed by atoms with Crippen molar-refractivity contribution in [2.75, 3.05) is 26.8 Å². The summed E-state index contributed by atoms with van der Waals surface area (Å²) in [4.78, 5) is 14.2. The van der Waals surface area contributed by atoms with Gasteiger partial charge in [0.2, 0.25) is 5.91 Å². The Labute approximate surface area is 110 Å². The van der Waals surface area contributed by atoms with Gasteiger partial charge in [0.15, 0.2) is 0 Å². The van der Waals surface area contributed by atoms with Gasteiger partial charge in [0.1, 0.15) is 0 Å². The molecule has 1 unspecified atom stereocenters. The number of methoxy groups -OCH3 is 1. The van der Waals surface area contributed by atoms with Gasteiger partial charge in [-0.15, -0.1) is 0 Å². The number of hydrogen-bond donors (Lipinski definition) is 2. The van der Waals surface area contributed by atoms with Crippen LogP contribution < -0.4 is 11.1 Å². The molecule has 1 saturated carbocycles. The zero-order chi connectivity index (χ0) is 13.5. The van der Waals surface area contributed by atoms with E-state index in [1.807, 2.05) is 13.8 Å². The van der Waals surface area contributed by atoms with Crippen molar-refractivity contribution >= 4 is 5.91 Å². The van der Waals surface area contributed by atoms with Crippen LogP contribution in [0.5, 0.6) is 0 Å². The molecular weight excluding hydrogens is 230 g/mol. The van der Waals surface area contributed by atoms with Crippen LogP contribution in [0.25, 0.3) is 0 Å². The van der Waals surface area contributed by atoms with Crippen LogP contribution in [-0.4, -0.2) is 55.7 Å². The highest BCUT2D eigenvalue weighted by Gasteiger charge is 2.33. The van der Waals surface area contributed by atoms with Crippen LogP contribution in [0.15, 0.2) is 0 Å². The second kappa shape index (κ2) is 7.71. The van der Waals surface area contributed by atoms with Gasteiger partial charge in [0.05, 0.1) is 6.61 Å². The maximum Gasteiger partial charge on any atom is 0.221 e. The van der Waals surface area contributed by atoms with E-state index in [0.717, 1.165) is 6.54 Å². The van der Waals surface area contributed by atoms with Crippen LogP contribution in [0.2, 0.25) is 0 Å². The van der Waals surface area contributed by atoms with Crippen molar-refractivity contribution in [3.05, 3.63) is 0 Å². The summed E-state index contributed by atoms with van der Waals surface area (Å²) >= 11 is 0. The molecule has 18 heavy (non-hydrogen) atoms. The molecule has 1 rings (SSSR count). The Morgan fingerprint density at radius 2 is 2.17 bits per heavy atom. The summed E-state index contributed by atoms with van der Waals surface area (Å²) < 4.78 is 5.13. The fourth-order valence-electron chi connectivity index (χ4n) is 2.20. The van der Waals surface area contributed by atoms with Gasteiger partial charge < -0.3 is 15.8 Å². The molecule has 0 radical (unpaired) electrons. The lowest BCUT2D eigenvalue weighted by Crippen LogP contribution is -2.47. The molecule has 0 heterocycles. The van der Waals surface area contributed by atoms with Gasteiger partial charge in [-0.1, -0.05) is 0 Å². The summed E-state index contributed by atoms with van der Waals surface area (Å²) in [6.07, 6.45) is 2.91. The van der Waals surface area contributed by atoms with Gasteiger partial charge in [-0.05, 0) is 26.7 Å². The Bertz CT molecular complexity index is 255. The fourth-order valence-corrected chi connectivity index (χ4v) is 2.20. The summed E-state index contributed by atoms with van der Waals surface area (Å²) in [6.45, 7) is 6.01. The van der Waals surface area contributed by atoms with Crippen molar-refractivity contribution in [3.63, 3.8) is 0 Å². The highest BCUT2D eigenvalue weighted by atomic mass is 16.5. The van der Waals surface area contributed by atoms with Crippen LogP contribution in [0.1, 0.15) is 33.1 Å². The van der Waals surface area contributed by atoms with Gasteiger partial charge >= 0.3 is 0 Å². The topological polar surface area (TPSA) is 67.6 Å². The summed E-state index contributed by atoms with van der Waals surface area (Å²) in [5, 5.41) is 2.93. The number of amides is 1. The highest BCUT2D eigenvalue weighted by molar-refractivity contribution is 5.76. The summed E-state index contributed by atoms with van der Waals surface area (Å²) in [5.41, 5.74) is 5.83. The Kier molecular flexibility index (Phi) is 6.60. The quantitative estimate of drug-likeness (QED) is 0.625. The van der Waals surface area contributed by atoms with Gasteiger partial charge in [-0.25, -0.2) is 0 Å². The van der Waals surface area contributed by atoms with Crippen molar-refractivity contribution < 1.29 is 9.53 Å². The Morgan fingerprint density at radius 1 is 1.50 bits per heavy atom. The average molecular weight is 257 g/mol. The van der Waals surface area contributed by atoms with Crippen molar-refractivity contribution in [2.24, 2.45) is 5.73 Å². The normalized spacial score (nSPS) is 17.2. The van der Waals surface area contributed by atoms with E-state index in [9.17, 15) is 4.79 Å². The van der Waals surface area contributed by atoms with E-state index < -0.39 is 0 Å². The maximum absolute atomic E-state index is 11.8. The number of carbonyl (C=O) groups is 1. The number of nitrogens with zero attached hydrogens (tertiary/aromatic N) is 1. The lowest BCUT2D eigenvalue weighted by Gasteiger charge is -2.30. The minimum atomic E-state index is 0.0866. The molecule has 5 nitrogen and oxygen atoms in total. The molecule has 1 aliphatic rings. The Hall–Kier alpha value is -0.650. The molecule has 1 amide bonds. The van der Waals surface area contributed by atoms with Crippen LogP contribution in [0.4, 0.5) is 0 Å². The highest BCUT2D eigenvalue weighted by Crippen LogP contribution is 2.29. The third-order valence-corrected chi connectivity index (χ3v) is 3.18. The third-order valence-electron chi connectivity index (χ3n) is 3.18. The van der Waals surface area contributed by atoms with E-state index >= 15 is 0 Å². The van der Waals surface area contributed by atoms with Gasteiger partial charge in [-0.2, -0.15) is 0 Å². The summed E-state index contributed by atoms with van der Waals surface area (Å²) in [5.74, 6) is 0.0866. The number of ether oxygens (including phenoxy) is 1. The lowest BCUT2D eigenvalue weighted by atomic mass is 10.1. The smallest absolute Gasteiger partial charge is 0.221 e.